The third kappa shape index (κ3) is 3.00. The molecular weight excluding hydrogens is 268 g/mol. The number of rotatable bonds is 4. The number of nitrogens with zero attached hydrogens (tertiary/aromatic N) is 2. The molecule has 19 heavy (non-hydrogen) atoms. The molecule has 0 saturated heterocycles. The van der Waals surface area contributed by atoms with Crippen molar-refractivity contribution in [3.63, 3.8) is 0 Å². The van der Waals surface area contributed by atoms with Gasteiger partial charge in [0.25, 0.3) is 0 Å². The largest absolute Gasteiger partial charge is 0.433 e. The summed E-state index contributed by atoms with van der Waals surface area (Å²) in [4.78, 5) is 14.2. The normalized spacial score (nSPS) is 10.2. The Bertz CT molecular complexity index is 617. The third-order valence-corrected chi connectivity index (χ3v) is 2.77. The lowest BCUT2D eigenvalue weighted by Crippen LogP contribution is -1.97. The molecule has 0 aliphatic carbocycles. The van der Waals surface area contributed by atoms with Crippen molar-refractivity contribution in [1.29, 1.82) is 0 Å². The van der Waals surface area contributed by atoms with Crippen LogP contribution in [-0.2, 0) is 6.42 Å². The van der Waals surface area contributed by atoms with Crippen LogP contribution in [0.25, 0.3) is 0 Å². The highest BCUT2D eigenvalue weighted by molar-refractivity contribution is 6.29. The van der Waals surface area contributed by atoms with Gasteiger partial charge < -0.3 is 4.74 Å². The van der Waals surface area contributed by atoms with Crippen molar-refractivity contribution in [3.05, 3.63) is 57.2 Å². The Morgan fingerprint density at radius 3 is 2.74 bits per heavy atom. The molecule has 1 aromatic carbocycles. The second-order valence-electron chi connectivity index (χ2n) is 3.78. The SMILES string of the molecule is CCc1ccccc1Oc1nc(Cl)ccc1[N+](=O)[O-]. The number of hydrogen-bond acceptors (Lipinski definition) is 4. The van der Waals surface area contributed by atoms with E-state index in [-0.39, 0.29) is 16.7 Å². The Morgan fingerprint density at radius 2 is 2.05 bits per heavy atom. The molecule has 2 aromatic rings. The number of pyridine rings is 1. The van der Waals surface area contributed by atoms with Gasteiger partial charge in [0.2, 0.25) is 0 Å². The fraction of sp³-hybridized carbons (Fsp3) is 0.154. The monoisotopic (exact) mass is 278 g/mol. The quantitative estimate of drug-likeness (QED) is 0.482. The van der Waals surface area contributed by atoms with Gasteiger partial charge in [-0.05, 0) is 24.1 Å². The molecule has 0 atom stereocenters. The highest BCUT2D eigenvalue weighted by Gasteiger charge is 2.18. The maximum absolute atomic E-state index is 10.9. The average molecular weight is 279 g/mol. The van der Waals surface area contributed by atoms with Gasteiger partial charge in [0.1, 0.15) is 10.9 Å². The molecule has 0 aliphatic heterocycles. The van der Waals surface area contributed by atoms with E-state index in [1.54, 1.807) is 12.1 Å². The van der Waals surface area contributed by atoms with Gasteiger partial charge in [-0.15, -0.1) is 0 Å². The summed E-state index contributed by atoms with van der Waals surface area (Å²) in [7, 11) is 0. The molecular formula is C13H11ClN2O3. The molecule has 0 bridgehead atoms. The maximum atomic E-state index is 10.9. The second kappa shape index (κ2) is 5.67. The molecule has 0 amide bonds. The topological polar surface area (TPSA) is 65.3 Å². The van der Waals surface area contributed by atoms with Gasteiger partial charge in [0.05, 0.1) is 4.92 Å². The van der Waals surface area contributed by atoms with E-state index in [0.717, 1.165) is 12.0 Å². The molecule has 1 aromatic heterocycles. The van der Waals surface area contributed by atoms with E-state index in [1.807, 2.05) is 19.1 Å². The van der Waals surface area contributed by atoms with Crippen LogP contribution in [0.1, 0.15) is 12.5 Å². The molecule has 2 rings (SSSR count). The van der Waals surface area contributed by atoms with Gasteiger partial charge in [0, 0.05) is 6.07 Å². The average Bonchev–Trinajstić information content (AvgIpc) is 2.39. The van der Waals surface area contributed by atoms with Gasteiger partial charge in [-0.25, -0.2) is 0 Å². The van der Waals surface area contributed by atoms with Crippen molar-refractivity contribution >= 4 is 17.3 Å². The minimum Gasteiger partial charge on any atom is -0.433 e. The van der Waals surface area contributed by atoms with Crippen LogP contribution in [-0.4, -0.2) is 9.91 Å². The Hall–Kier alpha value is -2.14. The number of halogens is 1. The van der Waals surface area contributed by atoms with Gasteiger partial charge in [-0.1, -0.05) is 36.7 Å². The van der Waals surface area contributed by atoms with Gasteiger partial charge >= 0.3 is 11.6 Å². The van der Waals surface area contributed by atoms with Gasteiger partial charge in [-0.2, -0.15) is 4.98 Å². The highest BCUT2D eigenvalue weighted by atomic mass is 35.5. The molecule has 0 saturated carbocycles. The molecule has 0 N–H and O–H groups in total. The summed E-state index contributed by atoms with van der Waals surface area (Å²) in [6.07, 6.45) is 0.755. The molecule has 1 heterocycles. The molecule has 0 unspecified atom stereocenters. The van der Waals surface area contributed by atoms with E-state index in [4.69, 9.17) is 16.3 Å². The van der Waals surface area contributed by atoms with Crippen molar-refractivity contribution in [2.45, 2.75) is 13.3 Å². The number of aromatic nitrogens is 1. The molecule has 0 fully saturated rings. The van der Waals surface area contributed by atoms with Crippen LogP contribution in [0.15, 0.2) is 36.4 Å². The lowest BCUT2D eigenvalue weighted by molar-refractivity contribution is -0.386. The van der Waals surface area contributed by atoms with E-state index in [2.05, 4.69) is 4.98 Å². The molecule has 5 nitrogen and oxygen atoms in total. The van der Waals surface area contributed by atoms with Crippen LogP contribution in [0.4, 0.5) is 5.69 Å². The minimum atomic E-state index is -0.548. The number of para-hydroxylation sites is 1. The van der Waals surface area contributed by atoms with Crippen molar-refractivity contribution in [2.24, 2.45) is 0 Å². The van der Waals surface area contributed by atoms with Crippen LogP contribution in [0.3, 0.4) is 0 Å². The second-order valence-corrected chi connectivity index (χ2v) is 4.17. The minimum absolute atomic E-state index is 0.0987. The standard InChI is InChI=1S/C13H11ClN2O3/c1-2-9-5-3-4-6-11(9)19-13-10(16(17)18)7-8-12(14)15-13/h3-8H,2H2,1H3. The van der Waals surface area contributed by atoms with Crippen LogP contribution in [0, 0.1) is 10.1 Å². The smallest absolute Gasteiger partial charge is 0.331 e. The summed E-state index contributed by atoms with van der Waals surface area (Å²) < 4.78 is 5.54. The molecule has 0 radical (unpaired) electrons. The molecule has 6 heteroatoms. The van der Waals surface area contributed by atoms with Crippen LogP contribution >= 0.6 is 11.6 Å². The number of nitro groups is 1. The summed E-state index contributed by atoms with van der Waals surface area (Å²) in [5.41, 5.74) is 0.730. The summed E-state index contributed by atoms with van der Waals surface area (Å²) in [5.74, 6) is 0.446. The van der Waals surface area contributed by atoms with E-state index >= 15 is 0 Å². The van der Waals surface area contributed by atoms with Crippen molar-refractivity contribution < 1.29 is 9.66 Å². The zero-order valence-electron chi connectivity index (χ0n) is 10.2. The predicted molar refractivity (Wildman–Crippen MR) is 71.8 cm³/mol. The number of aryl methyl sites for hydroxylation is 1. The van der Waals surface area contributed by atoms with E-state index in [9.17, 15) is 10.1 Å². The first-order valence-corrected chi connectivity index (χ1v) is 6.06. The first-order chi connectivity index (χ1) is 9.11. The van der Waals surface area contributed by atoms with Crippen LogP contribution < -0.4 is 4.74 Å². The molecule has 0 aliphatic rings. The number of ether oxygens (including phenoxy) is 1. The lowest BCUT2D eigenvalue weighted by atomic mass is 10.1. The zero-order valence-corrected chi connectivity index (χ0v) is 10.9. The van der Waals surface area contributed by atoms with Crippen LogP contribution in [0.2, 0.25) is 5.15 Å². The molecule has 98 valence electrons. The van der Waals surface area contributed by atoms with E-state index in [0.29, 0.717) is 5.75 Å². The molecule has 0 spiro atoms. The van der Waals surface area contributed by atoms with Gasteiger partial charge in [0.15, 0.2) is 0 Å². The maximum Gasteiger partial charge on any atom is 0.331 e. The Labute approximate surface area is 115 Å². The van der Waals surface area contributed by atoms with Crippen molar-refractivity contribution in [1.82, 2.24) is 4.98 Å². The lowest BCUT2D eigenvalue weighted by Gasteiger charge is -2.09. The summed E-state index contributed by atoms with van der Waals surface area (Å²) in [5, 5.41) is 11.1. The summed E-state index contributed by atoms with van der Waals surface area (Å²) in [6, 6.07) is 9.95. The fourth-order valence-corrected chi connectivity index (χ4v) is 1.76. The Morgan fingerprint density at radius 1 is 1.32 bits per heavy atom. The summed E-state index contributed by atoms with van der Waals surface area (Å²) >= 11 is 5.75. The fourth-order valence-electron chi connectivity index (χ4n) is 1.62. The van der Waals surface area contributed by atoms with E-state index in [1.165, 1.54) is 12.1 Å². The first-order valence-electron chi connectivity index (χ1n) is 5.68. The highest BCUT2D eigenvalue weighted by Crippen LogP contribution is 2.32. The van der Waals surface area contributed by atoms with E-state index < -0.39 is 4.92 Å². The zero-order chi connectivity index (χ0) is 13.8. The Kier molecular flexibility index (Phi) is 3.97. The number of hydrogen-bond donors (Lipinski definition) is 0. The van der Waals surface area contributed by atoms with Crippen molar-refractivity contribution in [2.75, 3.05) is 0 Å². The summed E-state index contributed by atoms with van der Waals surface area (Å²) in [6.45, 7) is 1.97. The first kappa shape index (κ1) is 13.3. The third-order valence-electron chi connectivity index (χ3n) is 2.56. The van der Waals surface area contributed by atoms with Crippen molar-refractivity contribution in [3.8, 4) is 11.6 Å². The van der Waals surface area contributed by atoms with Crippen LogP contribution in [0.5, 0.6) is 11.6 Å². The van der Waals surface area contributed by atoms with Gasteiger partial charge in [-0.3, -0.25) is 10.1 Å². The predicted octanol–water partition coefficient (Wildman–Crippen LogP) is 4.00. The Balaban J connectivity index is 2.42. The number of benzene rings is 1.